The lowest BCUT2D eigenvalue weighted by Gasteiger charge is -2.12. The first-order valence-corrected chi connectivity index (χ1v) is 6.03. The fraction of sp³-hybridized carbons (Fsp3) is 0.500. The fourth-order valence-electron chi connectivity index (χ4n) is 0.853. The summed E-state index contributed by atoms with van der Waals surface area (Å²) in [6.07, 6.45) is 2.03. The van der Waals surface area contributed by atoms with Crippen molar-refractivity contribution in [2.45, 2.75) is 6.54 Å². The highest BCUT2D eigenvalue weighted by molar-refractivity contribution is 8.13. The average Bonchev–Trinajstić information content (AvgIpc) is 2.57. The van der Waals surface area contributed by atoms with Gasteiger partial charge in [0.15, 0.2) is 5.17 Å². The number of aliphatic imine (C=N–C) groups is 1. The summed E-state index contributed by atoms with van der Waals surface area (Å²) in [6.45, 7) is 0.678. The minimum absolute atomic E-state index is 0.678. The molecule has 0 aromatic carbocycles. The zero-order valence-corrected chi connectivity index (χ0v) is 9.65. The van der Waals surface area contributed by atoms with Gasteiger partial charge >= 0.3 is 0 Å². The summed E-state index contributed by atoms with van der Waals surface area (Å²) in [5.41, 5.74) is 2.87. The van der Waals surface area contributed by atoms with Crippen LogP contribution in [0.25, 0.3) is 0 Å². The van der Waals surface area contributed by atoms with Crippen LogP contribution in [0.4, 0.5) is 0 Å². The summed E-state index contributed by atoms with van der Waals surface area (Å²) in [6, 6.07) is 0. The number of rotatable bonds is 2. The van der Waals surface area contributed by atoms with Gasteiger partial charge in [-0.3, -0.25) is 4.99 Å². The second kappa shape index (κ2) is 5.24. The Morgan fingerprint density at radius 2 is 2.46 bits per heavy atom. The van der Waals surface area contributed by atoms with E-state index < -0.39 is 0 Å². The van der Waals surface area contributed by atoms with Crippen LogP contribution in [0.5, 0.6) is 0 Å². The van der Waals surface area contributed by atoms with Crippen LogP contribution < -0.4 is 0 Å². The van der Waals surface area contributed by atoms with Crippen molar-refractivity contribution in [3.8, 4) is 0 Å². The van der Waals surface area contributed by atoms with Crippen molar-refractivity contribution in [2.75, 3.05) is 20.4 Å². The summed E-state index contributed by atoms with van der Waals surface area (Å²) < 4.78 is 0. The Hall–Kier alpha value is -0.550. The molecule has 1 rings (SSSR count). The van der Waals surface area contributed by atoms with E-state index in [9.17, 15) is 0 Å². The number of nitrogens with zero attached hydrogens (tertiary/aromatic N) is 3. The molecule has 5 heteroatoms. The van der Waals surface area contributed by atoms with E-state index in [4.69, 9.17) is 0 Å². The number of amidine groups is 1. The largest absolute Gasteiger partial charge is 0.358 e. The highest BCUT2D eigenvalue weighted by Crippen LogP contribution is 2.06. The van der Waals surface area contributed by atoms with Crippen LogP contribution in [-0.2, 0) is 6.54 Å². The van der Waals surface area contributed by atoms with Crippen LogP contribution in [0.15, 0.2) is 15.9 Å². The number of thioether (sulfide) groups is 1. The lowest BCUT2D eigenvalue weighted by atomic mass is 10.5. The van der Waals surface area contributed by atoms with Gasteiger partial charge < -0.3 is 4.90 Å². The van der Waals surface area contributed by atoms with E-state index in [1.54, 1.807) is 23.1 Å². The minimum Gasteiger partial charge on any atom is -0.358 e. The third kappa shape index (κ3) is 3.36. The predicted molar refractivity (Wildman–Crippen MR) is 60.5 cm³/mol. The molecule has 0 bridgehead atoms. The quantitative estimate of drug-likeness (QED) is 0.557. The van der Waals surface area contributed by atoms with E-state index in [2.05, 4.69) is 9.98 Å². The lowest BCUT2D eigenvalue weighted by Crippen LogP contribution is -2.18. The molecular formula is C8H13N3S2. The van der Waals surface area contributed by atoms with Crippen LogP contribution >= 0.6 is 23.1 Å². The summed E-state index contributed by atoms with van der Waals surface area (Å²) >= 11 is 3.26. The van der Waals surface area contributed by atoms with Gasteiger partial charge in [-0.25, -0.2) is 4.98 Å². The van der Waals surface area contributed by atoms with Crippen molar-refractivity contribution in [3.63, 3.8) is 0 Å². The number of aromatic nitrogens is 1. The number of thiazole rings is 1. The fourth-order valence-corrected chi connectivity index (χ4v) is 1.96. The van der Waals surface area contributed by atoms with Crippen LogP contribution in [0, 0.1) is 0 Å². The molecule has 1 aromatic rings. The summed E-state index contributed by atoms with van der Waals surface area (Å²) in [5, 5.41) is 3.06. The Morgan fingerprint density at radius 3 is 2.92 bits per heavy atom. The Morgan fingerprint density at radius 1 is 1.69 bits per heavy atom. The van der Waals surface area contributed by atoms with E-state index in [1.807, 2.05) is 36.1 Å². The molecule has 0 atom stereocenters. The number of hydrogen-bond acceptors (Lipinski definition) is 4. The Kier molecular flexibility index (Phi) is 4.24. The molecule has 0 radical (unpaired) electrons. The third-order valence-corrected chi connectivity index (χ3v) is 2.92. The third-order valence-electron chi connectivity index (χ3n) is 1.42. The first kappa shape index (κ1) is 10.5. The van der Waals surface area contributed by atoms with E-state index >= 15 is 0 Å². The van der Waals surface area contributed by atoms with Gasteiger partial charge in [0.2, 0.25) is 0 Å². The predicted octanol–water partition coefficient (Wildman–Crippen LogP) is 1.92. The maximum atomic E-state index is 4.43. The van der Waals surface area contributed by atoms with E-state index in [-0.39, 0.29) is 0 Å². The van der Waals surface area contributed by atoms with Crippen molar-refractivity contribution in [3.05, 3.63) is 16.6 Å². The standard InChI is InChI=1S/C8H13N3S2/c1-11(2)8(12-3)9-4-7-5-13-6-10-7/h5-6H,4H2,1-3H3. The number of hydrogen-bond donors (Lipinski definition) is 0. The highest BCUT2D eigenvalue weighted by Gasteiger charge is 1.99. The SMILES string of the molecule is CSC(=NCc1cscn1)N(C)C. The van der Waals surface area contributed by atoms with Crippen LogP contribution in [-0.4, -0.2) is 35.4 Å². The van der Waals surface area contributed by atoms with Crippen LogP contribution in [0.2, 0.25) is 0 Å². The topological polar surface area (TPSA) is 28.5 Å². The van der Waals surface area contributed by atoms with Gasteiger partial charge in [-0.2, -0.15) is 0 Å². The molecule has 1 aromatic heterocycles. The maximum absolute atomic E-state index is 4.43. The van der Waals surface area contributed by atoms with Crippen molar-refractivity contribution in [1.29, 1.82) is 0 Å². The van der Waals surface area contributed by atoms with Crippen molar-refractivity contribution >= 4 is 28.3 Å². The van der Waals surface area contributed by atoms with E-state index in [1.165, 1.54) is 0 Å². The van der Waals surface area contributed by atoms with Crippen molar-refractivity contribution in [1.82, 2.24) is 9.88 Å². The molecule has 3 nitrogen and oxygen atoms in total. The molecule has 0 saturated heterocycles. The molecule has 0 aliphatic heterocycles. The molecule has 0 spiro atoms. The molecule has 72 valence electrons. The van der Waals surface area contributed by atoms with Gasteiger partial charge in [-0.05, 0) is 6.26 Å². The van der Waals surface area contributed by atoms with Gasteiger partial charge in [0.25, 0.3) is 0 Å². The van der Waals surface area contributed by atoms with Gasteiger partial charge in [0.05, 0.1) is 17.7 Å². The molecule has 0 aliphatic rings. The molecule has 0 saturated carbocycles. The minimum atomic E-state index is 0.678. The Labute approximate surface area is 86.9 Å². The van der Waals surface area contributed by atoms with Gasteiger partial charge in [-0.1, -0.05) is 11.8 Å². The van der Waals surface area contributed by atoms with Gasteiger partial charge in [0, 0.05) is 19.5 Å². The van der Waals surface area contributed by atoms with E-state index in [0.29, 0.717) is 6.54 Å². The van der Waals surface area contributed by atoms with Gasteiger partial charge in [-0.15, -0.1) is 11.3 Å². The van der Waals surface area contributed by atoms with Crippen molar-refractivity contribution in [2.24, 2.45) is 4.99 Å². The monoisotopic (exact) mass is 215 g/mol. The maximum Gasteiger partial charge on any atom is 0.158 e. The summed E-state index contributed by atoms with van der Waals surface area (Å²) in [5.74, 6) is 0. The molecule has 0 aliphatic carbocycles. The second-order valence-corrected chi connectivity index (χ2v) is 4.17. The summed E-state index contributed by atoms with van der Waals surface area (Å²) in [7, 11) is 3.99. The van der Waals surface area contributed by atoms with E-state index in [0.717, 1.165) is 10.9 Å². The smallest absolute Gasteiger partial charge is 0.158 e. The molecule has 0 unspecified atom stereocenters. The molecule has 1 heterocycles. The van der Waals surface area contributed by atoms with Gasteiger partial charge in [0.1, 0.15) is 0 Å². The average molecular weight is 215 g/mol. The van der Waals surface area contributed by atoms with Crippen LogP contribution in [0.1, 0.15) is 5.69 Å². The molecular weight excluding hydrogens is 202 g/mol. The molecule has 0 N–H and O–H groups in total. The molecule has 0 amide bonds. The lowest BCUT2D eigenvalue weighted by molar-refractivity contribution is 0.631. The zero-order valence-electron chi connectivity index (χ0n) is 8.02. The summed E-state index contributed by atoms with van der Waals surface area (Å²) in [4.78, 5) is 10.6. The Balaban J connectivity index is 2.55. The normalized spacial score (nSPS) is 11.8. The highest BCUT2D eigenvalue weighted by atomic mass is 32.2. The molecule has 0 fully saturated rings. The second-order valence-electron chi connectivity index (χ2n) is 2.68. The zero-order chi connectivity index (χ0) is 9.68. The first-order chi connectivity index (χ1) is 6.24. The van der Waals surface area contributed by atoms with Crippen molar-refractivity contribution < 1.29 is 0 Å². The Bertz CT molecular complexity index is 267. The first-order valence-electron chi connectivity index (χ1n) is 3.87. The molecule has 13 heavy (non-hydrogen) atoms. The van der Waals surface area contributed by atoms with Crippen LogP contribution in [0.3, 0.4) is 0 Å².